The highest BCUT2D eigenvalue weighted by molar-refractivity contribution is 4.98. The molecule has 1 aliphatic rings. The van der Waals surface area contributed by atoms with Crippen molar-refractivity contribution in [3.63, 3.8) is 0 Å². The summed E-state index contributed by atoms with van der Waals surface area (Å²) in [5.41, 5.74) is 1.02. The molecule has 52 valence electrons. The third kappa shape index (κ3) is 1.30. The van der Waals surface area contributed by atoms with Crippen molar-refractivity contribution in [2.45, 2.75) is 12.5 Å². The van der Waals surface area contributed by atoms with Crippen molar-refractivity contribution in [2.24, 2.45) is 0 Å². The fourth-order valence-corrected chi connectivity index (χ4v) is 0.855. The number of ether oxygens (including phenoxy) is 1. The van der Waals surface area contributed by atoms with E-state index in [1.54, 1.807) is 18.6 Å². The molecule has 3 heteroatoms. The molecule has 0 amide bonds. The van der Waals surface area contributed by atoms with E-state index in [9.17, 15) is 0 Å². The first-order valence-corrected chi connectivity index (χ1v) is 3.31. The fraction of sp³-hybridized carbons (Fsp3) is 0.429. The van der Waals surface area contributed by atoms with Gasteiger partial charge in [0.15, 0.2) is 0 Å². The van der Waals surface area contributed by atoms with Crippen LogP contribution in [0.5, 0.6) is 0 Å². The first kappa shape index (κ1) is 5.80. The zero-order chi connectivity index (χ0) is 6.81. The van der Waals surface area contributed by atoms with E-state index in [0.717, 1.165) is 18.7 Å². The molecule has 0 aromatic carbocycles. The molecule has 0 aliphatic carbocycles. The highest BCUT2D eigenvalue weighted by Crippen LogP contribution is 2.13. The molecule has 1 aliphatic heterocycles. The van der Waals surface area contributed by atoms with Crippen molar-refractivity contribution >= 4 is 0 Å². The summed E-state index contributed by atoms with van der Waals surface area (Å²) in [7, 11) is 0. The Labute approximate surface area is 59.1 Å². The van der Waals surface area contributed by atoms with Crippen LogP contribution in [0, 0.1) is 0 Å². The number of hydrogen-bond acceptors (Lipinski definition) is 3. The molecule has 0 radical (unpaired) electrons. The van der Waals surface area contributed by atoms with Crippen molar-refractivity contribution in [3.8, 4) is 0 Å². The van der Waals surface area contributed by atoms with Crippen LogP contribution in [0.2, 0.25) is 0 Å². The molecule has 2 rings (SSSR count). The quantitative estimate of drug-likeness (QED) is 0.553. The molecule has 3 nitrogen and oxygen atoms in total. The van der Waals surface area contributed by atoms with Gasteiger partial charge in [-0.25, -0.2) is 0 Å². The third-order valence-corrected chi connectivity index (χ3v) is 1.46. The summed E-state index contributed by atoms with van der Waals surface area (Å²) in [4.78, 5) is 8.06. The molecule has 10 heavy (non-hydrogen) atoms. The first-order chi connectivity index (χ1) is 4.95. The SMILES string of the molecule is c1cnc(CC2CO2)cn1. The molecule has 0 N–H and O–H groups in total. The van der Waals surface area contributed by atoms with Crippen LogP contribution >= 0.6 is 0 Å². The second kappa shape index (κ2) is 2.34. The van der Waals surface area contributed by atoms with Gasteiger partial charge in [0.05, 0.1) is 18.4 Å². The van der Waals surface area contributed by atoms with Crippen LogP contribution < -0.4 is 0 Å². The molecule has 0 spiro atoms. The number of aromatic nitrogens is 2. The Morgan fingerprint density at radius 2 is 2.50 bits per heavy atom. The molecule has 1 unspecified atom stereocenters. The van der Waals surface area contributed by atoms with Gasteiger partial charge in [0.25, 0.3) is 0 Å². The van der Waals surface area contributed by atoms with Crippen molar-refractivity contribution in [2.75, 3.05) is 6.61 Å². The van der Waals surface area contributed by atoms with Crippen molar-refractivity contribution in [1.29, 1.82) is 0 Å². The topological polar surface area (TPSA) is 38.3 Å². The predicted octanol–water partition coefficient (Wildman–Crippen LogP) is 0.418. The summed E-state index contributed by atoms with van der Waals surface area (Å²) in [5, 5.41) is 0. The molecule has 0 saturated carbocycles. The van der Waals surface area contributed by atoms with E-state index in [4.69, 9.17) is 4.74 Å². The van der Waals surface area contributed by atoms with Gasteiger partial charge in [-0.15, -0.1) is 0 Å². The molecule has 1 fully saturated rings. The maximum Gasteiger partial charge on any atom is 0.0865 e. The van der Waals surface area contributed by atoms with Gasteiger partial charge in [0.2, 0.25) is 0 Å². The summed E-state index contributed by atoms with van der Waals surface area (Å²) in [6.07, 6.45) is 6.49. The van der Waals surface area contributed by atoms with Crippen LogP contribution in [0.25, 0.3) is 0 Å². The average molecular weight is 136 g/mol. The lowest BCUT2D eigenvalue weighted by atomic mass is 10.3. The van der Waals surface area contributed by atoms with Gasteiger partial charge >= 0.3 is 0 Å². The Bertz CT molecular complexity index is 208. The number of nitrogens with zero attached hydrogens (tertiary/aromatic N) is 2. The largest absolute Gasteiger partial charge is 0.373 e. The van der Waals surface area contributed by atoms with Crippen LogP contribution in [0.4, 0.5) is 0 Å². The summed E-state index contributed by atoms with van der Waals surface area (Å²) in [5.74, 6) is 0. The minimum atomic E-state index is 0.414. The van der Waals surface area contributed by atoms with E-state index < -0.39 is 0 Å². The van der Waals surface area contributed by atoms with E-state index in [-0.39, 0.29) is 0 Å². The average Bonchev–Trinajstić information content (AvgIpc) is 2.74. The Hall–Kier alpha value is -0.960. The van der Waals surface area contributed by atoms with Crippen molar-refractivity contribution < 1.29 is 4.74 Å². The number of hydrogen-bond donors (Lipinski definition) is 0. The Kier molecular flexibility index (Phi) is 1.36. The molecule has 1 saturated heterocycles. The lowest BCUT2D eigenvalue weighted by molar-refractivity contribution is 0.406. The Morgan fingerprint density at radius 3 is 3.10 bits per heavy atom. The van der Waals surface area contributed by atoms with Gasteiger partial charge in [-0.1, -0.05) is 0 Å². The summed E-state index contributed by atoms with van der Waals surface area (Å²) >= 11 is 0. The number of rotatable bonds is 2. The Balaban J connectivity index is 2.03. The zero-order valence-electron chi connectivity index (χ0n) is 5.53. The van der Waals surface area contributed by atoms with Gasteiger partial charge in [-0.2, -0.15) is 0 Å². The van der Waals surface area contributed by atoms with Crippen LogP contribution in [0.3, 0.4) is 0 Å². The monoisotopic (exact) mass is 136 g/mol. The smallest absolute Gasteiger partial charge is 0.0865 e. The molecule has 1 aromatic heterocycles. The summed E-state index contributed by atoms with van der Waals surface area (Å²) < 4.78 is 5.04. The first-order valence-electron chi connectivity index (χ1n) is 3.31. The highest BCUT2D eigenvalue weighted by atomic mass is 16.6. The minimum Gasteiger partial charge on any atom is -0.373 e. The molecule has 0 bridgehead atoms. The Morgan fingerprint density at radius 1 is 1.60 bits per heavy atom. The van der Waals surface area contributed by atoms with Crippen LogP contribution in [0.1, 0.15) is 5.69 Å². The predicted molar refractivity (Wildman–Crippen MR) is 35.5 cm³/mol. The van der Waals surface area contributed by atoms with Crippen LogP contribution in [0.15, 0.2) is 18.6 Å². The van der Waals surface area contributed by atoms with Gasteiger partial charge in [-0.05, 0) is 0 Å². The van der Waals surface area contributed by atoms with Crippen molar-refractivity contribution in [3.05, 3.63) is 24.3 Å². The molecule has 1 atom stereocenters. The van der Waals surface area contributed by atoms with Crippen molar-refractivity contribution in [1.82, 2.24) is 9.97 Å². The minimum absolute atomic E-state index is 0.414. The van der Waals surface area contributed by atoms with E-state index in [2.05, 4.69) is 9.97 Å². The van der Waals surface area contributed by atoms with Gasteiger partial charge in [-0.3, -0.25) is 9.97 Å². The van der Waals surface area contributed by atoms with E-state index in [1.165, 1.54) is 0 Å². The normalized spacial score (nSPS) is 22.6. The third-order valence-electron chi connectivity index (χ3n) is 1.46. The zero-order valence-corrected chi connectivity index (χ0v) is 5.53. The second-order valence-corrected chi connectivity index (χ2v) is 2.36. The molecular formula is C7H8N2O. The lowest BCUT2D eigenvalue weighted by Crippen LogP contribution is -1.95. The summed E-state index contributed by atoms with van der Waals surface area (Å²) in [6.45, 7) is 0.885. The molecular weight excluding hydrogens is 128 g/mol. The van der Waals surface area contributed by atoms with E-state index >= 15 is 0 Å². The maximum absolute atomic E-state index is 5.04. The van der Waals surface area contributed by atoms with Gasteiger partial charge in [0.1, 0.15) is 0 Å². The number of epoxide rings is 1. The van der Waals surface area contributed by atoms with Gasteiger partial charge in [0, 0.05) is 25.0 Å². The maximum atomic E-state index is 5.04. The van der Waals surface area contributed by atoms with E-state index in [1.807, 2.05) is 0 Å². The van der Waals surface area contributed by atoms with Crippen LogP contribution in [-0.4, -0.2) is 22.7 Å². The lowest BCUT2D eigenvalue weighted by Gasteiger charge is -1.92. The molecule has 1 aromatic rings. The van der Waals surface area contributed by atoms with Crippen LogP contribution in [-0.2, 0) is 11.2 Å². The summed E-state index contributed by atoms with van der Waals surface area (Å²) in [6, 6.07) is 0. The molecule has 2 heterocycles. The second-order valence-electron chi connectivity index (χ2n) is 2.36. The fourth-order valence-electron chi connectivity index (χ4n) is 0.855. The van der Waals surface area contributed by atoms with Gasteiger partial charge < -0.3 is 4.74 Å². The highest BCUT2D eigenvalue weighted by Gasteiger charge is 2.22. The standard InChI is InChI=1S/C7H8N2O/c1-2-9-6(4-8-1)3-7-5-10-7/h1-2,4,7H,3,5H2. The van der Waals surface area contributed by atoms with E-state index in [0.29, 0.717) is 6.10 Å².